The lowest BCUT2D eigenvalue weighted by Gasteiger charge is -2.31. The number of hydrogen-bond acceptors (Lipinski definition) is 5. The second kappa shape index (κ2) is 9.23. The maximum Gasteiger partial charge on any atom is 0.161 e. The molecule has 1 aliphatic rings. The third kappa shape index (κ3) is 4.42. The summed E-state index contributed by atoms with van der Waals surface area (Å²) < 4.78 is 10.9. The third-order valence-electron chi connectivity index (χ3n) is 5.77. The highest BCUT2D eigenvalue weighted by molar-refractivity contribution is 6.01. The molecule has 160 valence electrons. The van der Waals surface area contributed by atoms with Gasteiger partial charge in [0.1, 0.15) is 11.9 Å². The average Bonchev–Trinajstić information content (AvgIpc) is 2.83. The van der Waals surface area contributed by atoms with E-state index in [0.717, 1.165) is 28.8 Å². The van der Waals surface area contributed by atoms with Crippen LogP contribution < -0.4 is 14.8 Å². The molecule has 0 aliphatic carbocycles. The van der Waals surface area contributed by atoms with Crippen LogP contribution in [0.5, 0.6) is 17.2 Å². The van der Waals surface area contributed by atoms with Crippen molar-refractivity contribution in [1.29, 1.82) is 0 Å². The minimum atomic E-state index is -0.279. The zero-order valence-corrected chi connectivity index (χ0v) is 18.1. The Balaban J connectivity index is 1.75. The summed E-state index contributed by atoms with van der Waals surface area (Å²) in [5.74, 6) is 1.63. The van der Waals surface area contributed by atoms with Gasteiger partial charge in [-0.05, 0) is 41.3 Å². The Morgan fingerprint density at radius 2 is 1.71 bits per heavy atom. The number of aliphatic imine (C=N–C) groups is 1. The van der Waals surface area contributed by atoms with Crippen molar-refractivity contribution in [2.24, 2.45) is 4.99 Å². The van der Waals surface area contributed by atoms with Crippen LogP contribution >= 0.6 is 0 Å². The van der Waals surface area contributed by atoms with Gasteiger partial charge in [-0.3, -0.25) is 10.3 Å². The molecule has 1 heterocycles. The molecule has 0 fully saturated rings. The highest BCUT2D eigenvalue weighted by atomic mass is 16.5. The van der Waals surface area contributed by atoms with E-state index in [1.54, 1.807) is 20.3 Å². The minimum absolute atomic E-state index is 0.0716. The topological polar surface area (TPSA) is 63.1 Å². The van der Waals surface area contributed by atoms with Crippen LogP contribution in [0.25, 0.3) is 0 Å². The molecule has 3 aromatic rings. The van der Waals surface area contributed by atoms with Gasteiger partial charge in [0.05, 0.1) is 14.2 Å². The molecule has 1 aliphatic heterocycles. The molecule has 0 aromatic heterocycles. The summed E-state index contributed by atoms with van der Waals surface area (Å²) in [6, 6.07) is 21.8. The van der Waals surface area contributed by atoms with Crippen LogP contribution in [0.2, 0.25) is 0 Å². The maximum atomic E-state index is 10.5. The SMILES string of the molecule is CCc1ccc(C2=N[C@@H](c3ccc(OC)c(OC)c3)N[C@@H](c3ccccc3O)C2)cc1. The van der Waals surface area contributed by atoms with Crippen LogP contribution in [0, 0.1) is 0 Å². The predicted octanol–water partition coefficient (Wildman–Crippen LogP) is 5.19. The Labute approximate surface area is 183 Å². The zero-order valence-electron chi connectivity index (χ0n) is 18.1. The lowest BCUT2D eigenvalue weighted by atomic mass is 9.93. The number of rotatable bonds is 6. The minimum Gasteiger partial charge on any atom is -0.508 e. The monoisotopic (exact) mass is 416 g/mol. The molecule has 0 bridgehead atoms. The smallest absolute Gasteiger partial charge is 0.161 e. The number of ether oxygens (including phenoxy) is 2. The first-order chi connectivity index (χ1) is 15.1. The van der Waals surface area contributed by atoms with Gasteiger partial charge in [-0.2, -0.15) is 0 Å². The largest absolute Gasteiger partial charge is 0.508 e. The number of phenols is 1. The van der Waals surface area contributed by atoms with Gasteiger partial charge in [0, 0.05) is 23.7 Å². The molecule has 0 unspecified atom stereocenters. The van der Waals surface area contributed by atoms with E-state index in [9.17, 15) is 5.11 Å². The van der Waals surface area contributed by atoms with Gasteiger partial charge in [-0.15, -0.1) is 0 Å². The van der Waals surface area contributed by atoms with Gasteiger partial charge < -0.3 is 14.6 Å². The zero-order chi connectivity index (χ0) is 21.8. The average molecular weight is 417 g/mol. The van der Waals surface area contributed by atoms with Crippen molar-refractivity contribution in [3.8, 4) is 17.2 Å². The fourth-order valence-corrected chi connectivity index (χ4v) is 3.99. The molecule has 0 amide bonds. The van der Waals surface area contributed by atoms with E-state index in [0.29, 0.717) is 17.9 Å². The Hall–Kier alpha value is -3.31. The van der Waals surface area contributed by atoms with Crippen molar-refractivity contribution >= 4 is 5.71 Å². The van der Waals surface area contributed by atoms with Gasteiger partial charge in [0.15, 0.2) is 11.5 Å². The van der Waals surface area contributed by atoms with Crippen molar-refractivity contribution < 1.29 is 14.6 Å². The summed E-state index contributed by atoms with van der Waals surface area (Å²) in [7, 11) is 3.26. The molecule has 0 saturated carbocycles. The van der Waals surface area contributed by atoms with Crippen LogP contribution in [-0.4, -0.2) is 25.0 Å². The van der Waals surface area contributed by atoms with E-state index >= 15 is 0 Å². The summed E-state index contributed by atoms with van der Waals surface area (Å²) in [4.78, 5) is 5.04. The molecule has 0 radical (unpaired) electrons. The molecule has 2 N–H and O–H groups in total. The highest BCUT2D eigenvalue weighted by Crippen LogP contribution is 2.36. The Morgan fingerprint density at radius 3 is 2.39 bits per heavy atom. The number of methoxy groups -OCH3 is 2. The van der Waals surface area contributed by atoms with E-state index in [-0.39, 0.29) is 18.0 Å². The third-order valence-corrected chi connectivity index (χ3v) is 5.77. The Bertz CT molecular complexity index is 1080. The number of hydrogen-bond donors (Lipinski definition) is 2. The number of nitrogens with zero attached hydrogens (tertiary/aromatic N) is 1. The van der Waals surface area contributed by atoms with Crippen molar-refractivity contribution in [1.82, 2.24) is 5.32 Å². The lowest BCUT2D eigenvalue weighted by Crippen LogP contribution is -2.33. The van der Waals surface area contributed by atoms with E-state index in [4.69, 9.17) is 14.5 Å². The quantitative estimate of drug-likeness (QED) is 0.580. The van der Waals surface area contributed by atoms with Crippen LogP contribution in [-0.2, 0) is 6.42 Å². The predicted molar refractivity (Wildman–Crippen MR) is 123 cm³/mol. The molecule has 5 nitrogen and oxygen atoms in total. The molecule has 0 spiro atoms. The van der Waals surface area contributed by atoms with Gasteiger partial charge in [0.25, 0.3) is 0 Å². The summed E-state index contributed by atoms with van der Waals surface area (Å²) in [5.41, 5.74) is 5.25. The van der Waals surface area contributed by atoms with Crippen LogP contribution in [0.1, 0.15) is 47.8 Å². The van der Waals surface area contributed by atoms with E-state index in [1.807, 2.05) is 36.4 Å². The summed E-state index contributed by atoms with van der Waals surface area (Å²) >= 11 is 0. The molecule has 31 heavy (non-hydrogen) atoms. The number of phenolic OH excluding ortho intramolecular Hbond substituents is 1. The van der Waals surface area contributed by atoms with Crippen LogP contribution in [0.15, 0.2) is 71.7 Å². The van der Waals surface area contributed by atoms with Gasteiger partial charge in [-0.1, -0.05) is 55.5 Å². The number of benzene rings is 3. The molecular formula is C26H28N2O3. The molecule has 5 heteroatoms. The van der Waals surface area contributed by atoms with E-state index in [2.05, 4.69) is 36.5 Å². The Morgan fingerprint density at radius 1 is 0.968 bits per heavy atom. The van der Waals surface area contributed by atoms with Crippen LogP contribution in [0.4, 0.5) is 0 Å². The second-order valence-corrected chi connectivity index (χ2v) is 7.63. The lowest BCUT2D eigenvalue weighted by molar-refractivity contribution is 0.353. The maximum absolute atomic E-state index is 10.5. The first-order valence-electron chi connectivity index (χ1n) is 10.5. The molecule has 3 aromatic carbocycles. The summed E-state index contributed by atoms with van der Waals surface area (Å²) in [6.45, 7) is 2.15. The fraction of sp³-hybridized carbons (Fsp3) is 0.269. The van der Waals surface area contributed by atoms with Crippen molar-refractivity contribution in [2.45, 2.75) is 32.0 Å². The fourth-order valence-electron chi connectivity index (χ4n) is 3.99. The standard InChI is InChI=1S/C26H28N2O3/c1-4-17-9-11-18(12-10-17)21-16-22(20-7-5-6-8-23(20)29)28-26(27-21)19-13-14-24(30-2)25(15-19)31-3/h5-15,22,26,28-29H,4,16H2,1-3H3/t22-,26-/m1/s1. The summed E-state index contributed by atoms with van der Waals surface area (Å²) in [6.07, 6.45) is 1.41. The van der Waals surface area contributed by atoms with Gasteiger partial charge in [-0.25, -0.2) is 0 Å². The molecule has 0 saturated heterocycles. The van der Waals surface area contributed by atoms with E-state index in [1.165, 1.54) is 5.56 Å². The van der Waals surface area contributed by atoms with Gasteiger partial charge in [0.2, 0.25) is 0 Å². The molecular weight excluding hydrogens is 388 g/mol. The number of nitrogens with one attached hydrogen (secondary N) is 1. The first kappa shape index (κ1) is 20.9. The first-order valence-corrected chi connectivity index (χ1v) is 10.5. The number of aryl methyl sites for hydroxylation is 1. The normalized spacial score (nSPS) is 18.4. The number of aromatic hydroxyl groups is 1. The van der Waals surface area contributed by atoms with Crippen LogP contribution in [0.3, 0.4) is 0 Å². The Kier molecular flexibility index (Phi) is 6.23. The van der Waals surface area contributed by atoms with Crippen molar-refractivity contribution in [2.75, 3.05) is 14.2 Å². The van der Waals surface area contributed by atoms with E-state index < -0.39 is 0 Å². The van der Waals surface area contributed by atoms with Crippen molar-refractivity contribution in [3.05, 3.63) is 89.0 Å². The summed E-state index contributed by atoms with van der Waals surface area (Å²) in [5, 5.41) is 14.1. The number of para-hydroxylation sites is 1. The highest BCUT2D eigenvalue weighted by Gasteiger charge is 2.28. The van der Waals surface area contributed by atoms with Crippen molar-refractivity contribution in [3.63, 3.8) is 0 Å². The molecule has 4 rings (SSSR count). The second-order valence-electron chi connectivity index (χ2n) is 7.63. The van der Waals surface area contributed by atoms with Gasteiger partial charge >= 0.3 is 0 Å². The molecule has 2 atom stereocenters.